The minimum atomic E-state index is -2.55. The second kappa shape index (κ2) is 17.1. The quantitative estimate of drug-likeness (QED) is 0.0863. The maximum Gasteiger partial charge on any atom is 0.297 e. The van der Waals surface area contributed by atoms with Crippen molar-refractivity contribution >= 4 is 39.7 Å². The molecule has 0 aromatic rings. The van der Waals surface area contributed by atoms with Crippen LogP contribution in [-0.2, 0) is 23.8 Å². The van der Waals surface area contributed by atoms with E-state index in [1.807, 2.05) is 12.3 Å². The topological polar surface area (TPSA) is 257 Å². The molecule has 292 valence electrons. The third-order valence-corrected chi connectivity index (χ3v) is 14.4. The van der Waals surface area contributed by atoms with Crippen molar-refractivity contribution in [2.24, 2.45) is 46.2 Å². The highest BCUT2D eigenvalue weighted by Crippen LogP contribution is 2.46. The van der Waals surface area contributed by atoms with E-state index in [0.29, 0.717) is 50.8 Å². The molecule has 17 heteroatoms. The van der Waals surface area contributed by atoms with Crippen LogP contribution in [0, 0.1) is 42.1 Å². The van der Waals surface area contributed by atoms with E-state index in [4.69, 9.17) is 24.7 Å². The van der Waals surface area contributed by atoms with Crippen LogP contribution in [0.15, 0.2) is 16.6 Å². The van der Waals surface area contributed by atoms with Gasteiger partial charge in [0.2, 0.25) is 6.10 Å². The van der Waals surface area contributed by atoms with E-state index in [1.165, 1.54) is 26.9 Å². The van der Waals surface area contributed by atoms with Gasteiger partial charge in [0.05, 0.1) is 60.9 Å². The van der Waals surface area contributed by atoms with Crippen molar-refractivity contribution in [3.05, 3.63) is 18.2 Å². The monoisotopic (exact) mass is 772 g/mol. The summed E-state index contributed by atoms with van der Waals surface area (Å²) in [5, 5.41) is 73.3. The number of fused-ring (bicyclic) bond motifs is 2. The molecular formula is C35H54N3O12S2+. The smallest absolute Gasteiger partial charge is 0.297 e. The maximum atomic E-state index is 14.3. The zero-order valence-corrected chi connectivity index (χ0v) is 31.2. The number of hydrogen-bond acceptors (Lipinski definition) is 14. The summed E-state index contributed by atoms with van der Waals surface area (Å²) in [6.45, 7) is 6.18. The third kappa shape index (κ3) is 8.21. The van der Waals surface area contributed by atoms with Crippen LogP contribution < -0.4 is 21.3 Å². The summed E-state index contributed by atoms with van der Waals surface area (Å²) >= 11 is 0. The van der Waals surface area contributed by atoms with Crippen molar-refractivity contribution in [2.75, 3.05) is 18.2 Å². The molecule has 2 aliphatic carbocycles. The summed E-state index contributed by atoms with van der Waals surface area (Å²) in [5.74, 6) is -2.36. The first-order valence-corrected chi connectivity index (χ1v) is 21.0. The Morgan fingerprint density at radius 3 is 2.56 bits per heavy atom. The van der Waals surface area contributed by atoms with E-state index in [0.717, 1.165) is 5.57 Å². The lowest BCUT2D eigenvalue weighted by Crippen LogP contribution is -3.02. The van der Waals surface area contributed by atoms with Crippen molar-refractivity contribution in [3.63, 3.8) is 0 Å². The van der Waals surface area contributed by atoms with Crippen LogP contribution in [0.25, 0.3) is 0 Å². The fourth-order valence-corrected chi connectivity index (χ4v) is 11.5. The molecule has 4 aliphatic heterocycles. The highest BCUT2D eigenvalue weighted by Gasteiger charge is 2.62. The van der Waals surface area contributed by atoms with Gasteiger partial charge in [-0.2, -0.15) is 0 Å². The molecule has 14 unspecified atom stereocenters. The summed E-state index contributed by atoms with van der Waals surface area (Å²) in [6.07, 6.45) is -5.59. The van der Waals surface area contributed by atoms with Crippen molar-refractivity contribution in [2.45, 2.75) is 126 Å². The van der Waals surface area contributed by atoms with Crippen LogP contribution >= 0.6 is 21.6 Å². The molecule has 4 heterocycles. The molecule has 1 amide bonds. The first-order chi connectivity index (χ1) is 24.8. The number of carbonyl (C=O) groups excluding carboxylic acids is 2. The lowest BCUT2D eigenvalue weighted by atomic mass is 9.66. The van der Waals surface area contributed by atoms with Crippen LogP contribution in [0.2, 0.25) is 0 Å². The van der Waals surface area contributed by atoms with Gasteiger partial charge in [0.1, 0.15) is 36.4 Å². The van der Waals surface area contributed by atoms with Crippen LogP contribution in [0.1, 0.15) is 58.8 Å². The first kappa shape index (κ1) is 40.2. The van der Waals surface area contributed by atoms with Gasteiger partial charge in [-0.1, -0.05) is 35.4 Å². The largest absolute Gasteiger partial charge is 0.804 e. The lowest BCUT2D eigenvalue weighted by Gasteiger charge is -2.54. The molecule has 6 rings (SSSR count). The van der Waals surface area contributed by atoms with Gasteiger partial charge < -0.3 is 65.4 Å². The van der Waals surface area contributed by atoms with E-state index in [1.54, 1.807) is 6.54 Å². The lowest BCUT2D eigenvalue weighted by molar-refractivity contribution is -0.837. The number of carboxylic acid groups (broad SMARTS) is 1. The Morgan fingerprint density at radius 2 is 1.90 bits per heavy atom. The normalized spacial score (nSPS) is 46.2. The number of allylic oxidation sites excluding steroid dienone is 1. The molecular weight excluding hydrogens is 719 g/mol. The molecule has 14 atom stereocenters. The summed E-state index contributed by atoms with van der Waals surface area (Å²) < 4.78 is 22.9. The van der Waals surface area contributed by atoms with E-state index in [9.17, 15) is 40.2 Å². The van der Waals surface area contributed by atoms with Gasteiger partial charge in [-0.15, -0.1) is 4.99 Å². The second-order valence-corrected chi connectivity index (χ2v) is 18.1. The van der Waals surface area contributed by atoms with Crippen LogP contribution in [0.4, 0.5) is 0 Å². The number of carboxylic acids is 1. The van der Waals surface area contributed by atoms with E-state index in [2.05, 4.69) is 18.8 Å². The number of rotatable bonds is 7. The molecule has 0 bridgehead atoms. The van der Waals surface area contributed by atoms with Gasteiger partial charge in [-0.3, -0.25) is 4.79 Å². The minimum Gasteiger partial charge on any atom is -0.804 e. The number of ether oxygens (including phenoxy) is 4. The Labute approximate surface area is 311 Å². The van der Waals surface area contributed by atoms with Gasteiger partial charge in [0.25, 0.3) is 5.91 Å². The van der Waals surface area contributed by atoms with Crippen molar-refractivity contribution in [3.8, 4) is 0 Å². The number of aliphatic carboxylic acids is 1. The number of nitrogens with zero attached hydrogens (tertiary/aromatic N) is 1. The Balaban J connectivity index is 1.23. The molecule has 9 N–H and O–H groups in total. The Bertz CT molecular complexity index is 1320. The number of aliphatic imine (C=N–C) groups is 1. The highest BCUT2D eigenvalue weighted by molar-refractivity contribution is 8.76. The maximum absolute atomic E-state index is 14.3. The number of amides is 1. The number of aliphatic hydroxyl groups excluding tert-OH is 3. The van der Waals surface area contributed by atoms with Gasteiger partial charge in [-0.25, -0.2) is 0 Å². The molecule has 6 aliphatic rings. The van der Waals surface area contributed by atoms with E-state index in [-0.39, 0.29) is 41.9 Å². The van der Waals surface area contributed by atoms with Crippen LogP contribution in [0.3, 0.4) is 0 Å². The Morgan fingerprint density at radius 1 is 1.15 bits per heavy atom. The summed E-state index contributed by atoms with van der Waals surface area (Å²) in [4.78, 5) is 29.2. The van der Waals surface area contributed by atoms with E-state index < -0.39 is 84.7 Å². The van der Waals surface area contributed by atoms with Crippen molar-refractivity contribution < 1.29 is 64.5 Å². The second-order valence-electron chi connectivity index (χ2n) is 15.6. The predicted molar refractivity (Wildman–Crippen MR) is 186 cm³/mol. The average molecular weight is 773 g/mol. The molecule has 3 saturated heterocycles. The number of primary amides is 1. The van der Waals surface area contributed by atoms with Gasteiger partial charge in [0, 0.05) is 18.1 Å². The van der Waals surface area contributed by atoms with Gasteiger partial charge >= 0.3 is 0 Å². The van der Waals surface area contributed by atoms with Gasteiger partial charge in [-0.05, 0) is 50.4 Å². The summed E-state index contributed by atoms with van der Waals surface area (Å²) in [5.41, 5.74) is 4.33. The van der Waals surface area contributed by atoms with Crippen molar-refractivity contribution in [1.82, 2.24) is 0 Å². The molecule has 15 nitrogen and oxygen atoms in total. The number of carbonyl (C=O) groups is 2. The van der Waals surface area contributed by atoms with Crippen molar-refractivity contribution in [1.29, 1.82) is 0 Å². The Kier molecular flexibility index (Phi) is 13.2. The predicted octanol–water partition coefficient (Wildman–Crippen LogP) is -2.92. The first-order valence-electron chi connectivity index (χ1n) is 18.5. The van der Waals surface area contributed by atoms with Crippen LogP contribution in [-0.4, -0.2) is 128 Å². The Hall–Kier alpha value is -1.48. The molecule has 0 spiro atoms. The zero-order valence-electron chi connectivity index (χ0n) is 29.6. The molecule has 0 aromatic heterocycles. The molecule has 0 aromatic carbocycles. The molecule has 0 radical (unpaired) electrons. The summed E-state index contributed by atoms with van der Waals surface area (Å²) in [7, 11) is 2.86. The number of hydrogen-bond donors (Lipinski definition) is 6. The summed E-state index contributed by atoms with van der Waals surface area (Å²) in [6, 6.07) is 0. The van der Waals surface area contributed by atoms with Gasteiger partial charge in [0.15, 0.2) is 24.2 Å². The van der Waals surface area contributed by atoms with Crippen LogP contribution in [0.5, 0.6) is 0 Å². The fraction of sp³-hybridized carbons (Fsp3) is 0.829. The number of quaternary nitrogens is 1. The van der Waals surface area contributed by atoms with E-state index >= 15 is 0 Å². The molecule has 5 fully saturated rings. The highest BCUT2D eigenvalue weighted by atomic mass is 33.1. The molecule has 52 heavy (non-hydrogen) atoms. The zero-order chi connectivity index (χ0) is 37.3. The fourth-order valence-electron chi connectivity index (χ4n) is 9.43. The third-order valence-electron chi connectivity index (χ3n) is 12.3. The number of nitrogens with two attached hydrogens (primary N) is 2. The SMILES string of the molecule is CC(C)C1C[NH2+]C([O-])C2(O)C(OC3CCC4C(C3)[OH+]C(C(N)=O)C(C3CCC(O)CC3)C4O)OC(C(=O)[O-])C(O)C2OCSSCC1C1=C[CH+]N=C1. The standard InChI is InChI=1S/C35H53N3O12S2/c1-16(2)22-13-38-33(45)35(46)30(47-15-52-51-14-23(22)18-9-10-37-12-18)27(41)29(32(43)44)50-34(35)48-20-7-8-21-24(11-20)49-28(31(36)42)25(26(21)40)17-3-5-19(39)6-4-17/h9-10,12,16-17,19-30,33-34,38-41,46H,3-8,11,13-15H2,1-2H3,(H2,36,42)(H,43,44)/p+1. The molecule has 2 saturated carbocycles. The average Bonchev–Trinajstić information content (AvgIpc) is 3.64. The number of aliphatic hydroxyl groups is 6. The minimum absolute atomic E-state index is 0.00348.